The molecule has 1 amide bonds. The van der Waals surface area contributed by atoms with Gasteiger partial charge in [0.25, 0.3) is 0 Å². The lowest BCUT2D eigenvalue weighted by molar-refractivity contribution is 0.0527. The van der Waals surface area contributed by atoms with Gasteiger partial charge in [-0.25, -0.2) is 4.79 Å². The zero-order valence-corrected chi connectivity index (χ0v) is 13.9. The molecule has 0 atom stereocenters. The third-order valence-electron chi connectivity index (χ3n) is 2.66. The summed E-state index contributed by atoms with van der Waals surface area (Å²) >= 11 is 1.83. The maximum atomic E-state index is 11.4. The minimum Gasteiger partial charge on any atom is -0.444 e. The van der Waals surface area contributed by atoms with Crippen LogP contribution in [0.1, 0.15) is 42.5 Å². The van der Waals surface area contributed by atoms with Crippen molar-refractivity contribution in [1.29, 1.82) is 0 Å². The molecule has 2 N–H and O–H groups in total. The monoisotopic (exact) mass is 298 g/mol. The van der Waals surface area contributed by atoms with Crippen LogP contribution in [-0.2, 0) is 11.3 Å². The molecule has 0 saturated heterocycles. The molecule has 0 unspecified atom stereocenters. The van der Waals surface area contributed by atoms with Crippen molar-refractivity contribution in [2.75, 3.05) is 13.1 Å². The maximum Gasteiger partial charge on any atom is 0.407 e. The highest BCUT2D eigenvalue weighted by atomic mass is 32.1. The molecular formula is C15H26N2O2S. The summed E-state index contributed by atoms with van der Waals surface area (Å²) in [5.74, 6) is 0. The molecular weight excluding hydrogens is 272 g/mol. The molecule has 0 aliphatic carbocycles. The predicted octanol–water partition coefficient (Wildman–Crippen LogP) is 3.37. The molecule has 1 rings (SSSR count). The molecule has 1 aromatic rings. The van der Waals surface area contributed by atoms with Crippen LogP contribution in [0.15, 0.2) is 6.07 Å². The summed E-state index contributed by atoms with van der Waals surface area (Å²) in [7, 11) is 0. The number of carbonyl (C=O) groups excluding carboxylic acids is 1. The summed E-state index contributed by atoms with van der Waals surface area (Å²) in [6, 6.07) is 2.23. The van der Waals surface area contributed by atoms with Crippen molar-refractivity contribution >= 4 is 17.4 Å². The first kappa shape index (κ1) is 17.0. The normalized spacial score (nSPS) is 11.4. The predicted molar refractivity (Wildman–Crippen MR) is 84.4 cm³/mol. The Labute approximate surface area is 125 Å². The van der Waals surface area contributed by atoms with E-state index in [9.17, 15) is 4.79 Å². The number of nitrogens with one attached hydrogen (secondary N) is 2. The van der Waals surface area contributed by atoms with Gasteiger partial charge in [0.15, 0.2) is 0 Å². The van der Waals surface area contributed by atoms with Gasteiger partial charge in [0.05, 0.1) is 0 Å². The average Bonchev–Trinajstić information content (AvgIpc) is 2.60. The number of hydrogen-bond acceptors (Lipinski definition) is 4. The second-order valence-corrected chi connectivity index (χ2v) is 7.36. The fourth-order valence-corrected chi connectivity index (χ4v) is 2.75. The molecule has 0 radical (unpaired) electrons. The first-order valence-electron chi connectivity index (χ1n) is 7.01. The second-order valence-electron chi connectivity index (χ2n) is 5.90. The number of amides is 1. The van der Waals surface area contributed by atoms with E-state index in [1.165, 1.54) is 15.3 Å². The summed E-state index contributed by atoms with van der Waals surface area (Å²) in [5.41, 5.74) is 0.934. The first-order chi connectivity index (χ1) is 9.28. The number of aryl methyl sites for hydroxylation is 2. The largest absolute Gasteiger partial charge is 0.444 e. The van der Waals surface area contributed by atoms with E-state index in [2.05, 4.69) is 30.5 Å². The third kappa shape index (κ3) is 6.91. The molecule has 1 aromatic heterocycles. The van der Waals surface area contributed by atoms with Crippen LogP contribution in [0.3, 0.4) is 0 Å². The van der Waals surface area contributed by atoms with E-state index in [-0.39, 0.29) is 6.09 Å². The minimum atomic E-state index is -0.434. The van der Waals surface area contributed by atoms with Gasteiger partial charge in [-0.15, -0.1) is 11.3 Å². The quantitative estimate of drug-likeness (QED) is 0.792. The number of hydrogen-bond donors (Lipinski definition) is 2. The van der Waals surface area contributed by atoms with Crippen LogP contribution in [0, 0.1) is 13.8 Å². The zero-order chi connectivity index (χ0) is 15.2. The Hall–Kier alpha value is -1.07. The number of alkyl carbamates (subject to hydrolysis) is 1. The fourth-order valence-electron chi connectivity index (χ4n) is 1.80. The molecule has 0 saturated carbocycles. The number of rotatable bonds is 6. The second kappa shape index (κ2) is 7.64. The lowest BCUT2D eigenvalue weighted by Crippen LogP contribution is -2.33. The van der Waals surface area contributed by atoms with E-state index in [1.807, 2.05) is 32.1 Å². The Kier molecular flexibility index (Phi) is 6.49. The van der Waals surface area contributed by atoms with Gasteiger partial charge >= 0.3 is 6.09 Å². The summed E-state index contributed by atoms with van der Waals surface area (Å²) in [6.45, 7) is 12.3. The van der Waals surface area contributed by atoms with E-state index in [4.69, 9.17) is 4.74 Å². The third-order valence-corrected chi connectivity index (χ3v) is 3.67. The first-order valence-corrected chi connectivity index (χ1v) is 7.83. The van der Waals surface area contributed by atoms with Gasteiger partial charge in [0.2, 0.25) is 0 Å². The lowest BCUT2D eigenvalue weighted by atomic mass is 10.2. The highest BCUT2D eigenvalue weighted by Gasteiger charge is 2.15. The Balaban J connectivity index is 2.08. The van der Waals surface area contributed by atoms with E-state index in [1.54, 1.807) is 0 Å². The van der Waals surface area contributed by atoms with Gasteiger partial charge in [-0.05, 0) is 59.2 Å². The van der Waals surface area contributed by atoms with Gasteiger partial charge < -0.3 is 15.4 Å². The number of ether oxygens (including phenoxy) is 1. The standard InChI is InChI=1S/C15H26N2O2S/c1-11-9-13(12(2)20-11)10-16-7-6-8-17-14(18)19-15(3,4)5/h9,16H,6-8,10H2,1-5H3,(H,17,18). The van der Waals surface area contributed by atoms with Gasteiger partial charge in [0.1, 0.15) is 5.60 Å². The van der Waals surface area contributed by atoms with Gasteiger partial charge in [-0.2, -0.15) is 0 Å². The highest BCUT2D eigenvalue weighted by Crippen LogP contribution is 2.20. The van der Waals surface area contributed by atoms with E-state index in [0.29, 0.717) is 6.54 Å². The van der Waals surface area contributed by atoms with Gasteiger partial charge in [-0.1, -0.05) is 0 Å². The highest BCUT2D eigenvalue weighted by molar-refractivity contribution is 7.12. The fraction of sp³-hybridized carbons (Fsp3) is 0.667. The Morgan fingerprint density at radius 2 is 2.00 bits per heavy atom. The zero-order valence-electron chi connectivity index (χ0n) is 13.1. The molecule has 0 spiro atoms. The molecule has 0 aliphatic heterocycles. The smallest absolute Gasteiger partial charge is 0.407 e. The molecule has 0 aliphatic rings. The van der Waals surface area contributed by atoms with Crippen LogP contribution < -0.4 is 10.6 Å². The van der Waals surface area contributed by atoms with E-state index in [0.717, 1.165) is 19.5 Å². The lowest BCUT2D eigenvalue weighted by Gasteiger charge is -2.19. The van der Waals surface area contributed by atoms with Gasteiger partial charge in [0, 0.05) is 22.8 Å². The topological polar surface area (TPSA) is 50.4 Å². The summed E-state index contributed by atoms with van der Waals surface area (Å²) in [5, 5.41) is 6.15. The average molecular weight is 298 g/mol. The van der Waals surface area contributed by atoms with Crippen molar-refractivity contribution in [3.63, 3.8) is 0 Å². The van der Waals surface area contributed by atoms with Crippen LogP contribution in [0.4, 0.5) is 4.79 Å². The van der Waals surface area contributed by atoms with Crippen molar-refractivity contribution < 1.29 is 9.53 Å². The van der Waals surface area contributed by atoms with Gasteiger partial charge in [-0.3, -0.25) is 0 Å². The minimum absolute atomic E-state index is 0.346. The molecule has 1 heterocycles. The van der Waals surface area contributed by atoms with Crippen molar-refractivity contribution in [2.45, 2.75) is 53.2 Å². The van der Waals surface area contributed by atoms with Crippen LogP contribution >= 0.6 is 11.3 Å². The van der Waals surface area contributed by atoms with Crippen molar-refractivity contribution in [2.24, 2.45) is 0 Å². The van der Waals surface area contributed by atoms with Crippen LogP contribution in [0.2, 0.25) is 0 Å². The molecule has 0 fully saturated rings. The van der Waals surface area contributed by atoms with E-state index < -0.39 is 5.60 Å². The van der Waals surface area contributed by atoms with Crippen molar-refractivity contribution in [1.82, 2.24) is 10.6 Å². The molecule has 0 bridgehead atoms. The van der Waals surface area contributed by atoms with Crippen molar-refractivity contribution in [3.05, 3.63) is 21.4 Å². The molecule has 114 valence electrons. The summed E-state index contributed by atoms with van der Waals surface area (Å²) in [6.07, 6.45) is 0.545. The number of carbonyl (C=O) groups is 1. The maximum absolute atomic E-state index is 11.4. The van der Waals surface area contributed by atoms with Crippen LogP contribution in [0.5, 0.6) is 0 Å². The molecule has 0 aromatic carbocycles. The Morgan fingerprint density at radius 3 is 2.55 bits per heavy atom. The summed E-state index contributed by atoms with van der Waals surface area (Å²) < 4.78 is 5.16. The SMILES string of the molecule is Cc1cc(CNCCCNC(=O)OC(C)(C)C)c(C)s1. The van der Waals surface area contributed by atoms with E-state index >= 15 is 0 Å². The Morgan fingerprint density at radius 1 is 1.30 bits per heavy atom. The molecule has 5 heteroatoms. The van der Waals surface area contributed by atoms with Crippen LogP contribution in [0.25, 0.3) is 0 Å². The molecule has 20 heavy (non-hydrogen) atoms. The Bertz CT molecular complexity index is 436. The summed E-state index contributed by atoms with van der Waals surface area (Å²) in [4.78, 5) is 14.1. The van der Waals surface area contributed by atoms with Crippen molar-refractivity contribution in [3.8, 4) is 0 Å². The molecule has 4 nitrogen and oxygen atoms in total. The number of thiophene rings is 1. The van der Waals surface area contributed by atoms with Crippen LogP contribution in [-0.4, -0.2) is 24.8 Å².